The first-order chi connectivity index (χ1) is 12.5. The van der Waals surface area contributed by atoms with Crippen molar-refractivity contribution in [2.24, 2.45) is 0 Å². The minimum Gasteiger partial charge on any atom is -0.462 e. The van der Waals surface area contributed by atoms with Gasteiger partial charge in [0.05, 0.1) is 17.9 Å². The van der Waals surface area contributed by atoms with Gasteiger partial charge in [0, 0.05) is 32.7 Å². The number of nitrogens with zero attached hydrogens (tertiary/aromatic N) is 3. The second-order valence-corrected chi connectivity index (χ2v) is 6.60. The third-order valence-electron chi connectivity index (χ3n) is 4.37. The summed E-state index contributed by atoms with van der Waals surface area (Å²) < 4.78 is 5.15. The molecule has 7 heteroatoms. The zero-order valence-electron chi connectivity index (χ0n) is 16.0. The van der Waals surface area contributed by atoms with Crippen molar-refractivity contribution in [1.29, 1.82) is 0 Å². The molecular weight excluding hydrogens is 332 g/mol. The van der Waals surface area contributed by atoms with E-state index in [-0.39, 0.29) is 12.0 Å². The fourth-order valence-electron chi connectivity index (χ4n) is 2.98. The van der Waals surface area contributed by atoms with Crippen LogP contribution in [0.3, 0.4) is 0 Å². The molecule has 0 spiro atoms. The highest BCUT2D eigenvalue weighted by molar-refractivity contribution is 5.96. The Hall–Kier alpha value is -2.28. The van der Waals surface area contributed by atoms with Gasteiger partial charge in [-0.15, -0.1) is 0 Å². The maximum absolute atomic E-state index is 12.3. The summed E-state index contributed by atoms with van der Waals surface area (Å²) in [6, 6.07) is 7.47. The average Bonchev–Trinajstić information content (AvgIpc) is 2.65. The second kappa shape index (κ2) is 10.0. The number of carbonyl (C=O) groups is 2. The van der Waals surface area contributed by atoms with E-state index >= 15 is 0 Å². The van der Waals surface area contributed by atoms with Crippen LogP contribution in [0.15, 0.2) is 24.3 Å². The van der Waals surface area contributed by atoms with E-state index < -0.39 is 0 Å². The van der Waals surface area contributed by atoms with Crippen LogP contribution in [0.4, 0.5) is 10.5 Å². The molecule has 0 atom stereocenters. The molecule has 0 aromatic heterocycles. The van der Waals surface area contributed by atoms with Gasteiger partial charge < -0.3 is 24.8 Å². The lowest BCUT2D eigenvalue weighted by Gasteiger charge is -2.36. The summed E-state index contributed by atoms with van der Waals surface area (Å²) in [5, 5.41) is 2.98. The molecule has 26 heavy (non-hydrogen) atoms. The molecule has 1 fully saturated rings. The van der Waals surface area contributed by atoms with E-state index in [2.05, 4.69) is 15.1 Å². The van der Waals surface area contributed by atoms with E-state index in [1.54, 1.807) is 13.0 Å². The monoisotopic (exact) mass is 362 g/mol. The Balaban J connectivity index is 1.87. The standard InChI is InChI=1S/C19H30N4O3/c1-4-26-18(24)16-8-5-6-9-17(16)22-12-14-23(15-13-22)19(25)20-10-7-11-21(2)3/h5-6,8-9H,4,7,10-15H2,1-3H3,(H,20,25). The van der Waals surface area contributed by atoms with Crippen molar-refractivity contribution in [1.82, 2.24) is 15.1 Å². The Morgan fingerprint density at radius 2 is 1.85 bits per heavy atom. The molecule has 1 heterocycles. The van der Waals surface area contributed by atoms with Crippen LogP contribution in [0.25, 0.3) is 0 Å². The van der Waals surface area contributed by atoms with Gasteiger partial charge in [-0.25, -0.2) is 9.59 Å². The highest BCUT2D eigenvalue weighted by Gasteiger charge is 2.24. The summed E-state index contributed by atoms with van der Waals surface area (Å²) in [6.45, 7) is 6.46. The van der Waals surface area contributed by atoms with Gasteiger partial charge in [-0.3, -0.25) is 0 Å². The number of rotatable bonds is 7. The van der Waals surface area contributed by atoms with Gasteiger partial charge in [0.25, 0.3) is 0 Å². The molecule has 1 N–H and O–H groups in total. The number of benzene rings is 1. The summed E-state index contributed by atoms with van der Waals surface area (Å²) >= 11 is 0. The van der Waals surface area contributed by atoms with Crippen molar-refractivity contribution >= 4 is 17.7 Å². The van der Waals surface area contributed by atoms with E-state index in [9.17, 15) is 9.59 Å². The number of amides is 2. The quantitative estimate of drug-likeness (QED) is 0.590. The van der Waals surface area contributed by atoms with Crippen LogP contribution in [0.5, 0.6) is 0 Å². The number of urea groups is 1. The van der Waals surface area contributed by atoms with Crippen molar-refractivity contribution < 1.29 is 14.3 Å². The fourth-order valence-corrected chi connectivity index (χ4v) is 2.98. The molecular formula is C19H30N4O3. The van der Waals surface area contributed by atoms with Crippen LogP contribution in [0.2, 0.25) is 0 Å². The summed E-state index contributed by atoms with van der Waals surface area (Å²) in [7, 11) is 4.05. The molecule has 0 saturated carbocycles. The van der Waals surface area contributed by atoms with Crippen molar-refractivity contribution in [3.8, 4) is 0 Å². The van der Waals surface area contributed by atoms with Gasteiger partial charge in [0.2, 0.25) is 0 Å². The lowest BCUT2D eigenvalue weighted by atomic mass is 10.1. The van der Waals surface area contributed by atoms with E-state index in [0.29, 0.717) is 44.9 Å². The van der Waals surface area contributed by atoms with Crippen LogP contribution < -0.4 is 10.2 Å². The first-order valence-corrected chi connectivity index (χ1v) is 9.21. The molecule has 1 aliphatic heterocycles. The van der Waals surface area contributed by atoms with Crippen molar-refractivity contribution in [3.05, 3.63) is 29.8 Å². The Kier molecular flexibility index (Phi) is 7.72. The van der Waals surface area contributed by atoms with E-state index in [1.807, 2.05) is 37.2 Å². The minimum atomic E-state index is -0.302. The topological polar surface area (TPSA) is 65.1 Å². The third-order valence-corrected chi connectivity index (χ3v) is 4.37. The molecule has 0 radical (unpaired) electrons. The van der Waals surface area contributed by atoms with Crippen LogP contribution in [0, 0.1) is 0 Å². The molecule has 1 saturated heterocycles. The Bertz CT molecular complexity index is 598. The van der Waals surface area contributed by atoms with Gasteiger partial charge in [-0.05, 0) is 46.1 Å². The average molecular weight is 362 g/mol. The van der Waals surface area contributed by atoms with Gasteiger partial charge in [-0.2, -0.15) is 0 Å². The number of piperazine rings is 1. The largest absolute Gasteiger partial charge is 0.462 e. The fraction of sp³-hybridized carbons (Fsp3) is 0.579. The Morgan fingerprint density at radius 1 is 1.15 bits per heavy atom. The summed E-state index contributed by atoms with van der Waals surface area (Å²) in [4.78, 5) is 30.5. The number of para-hydroxylation sites is 1. The molecule has 144 valence electrons. The highest BCUT2D eigenvalue weighted by atomic mass is 16.5. The summed E-state index contributed by atoms with van der Waals surface area (Å²) in [5.74, 6) is -0.302. The molecule has 1 aromatic rings. The summed E-state index contributed by atoms with van der Waals surface area (Å²) in [5.41, 5.74) is 1.45. The van der Waals surface area contributed by atoms with Crippen molar-refractivity contribution in [3.63, 3.8) is 0 Å². The first kappa shape index (κ1) is 20.0. The number of nitrogens with one attached hydrogen (secondary N) is 1. The molecule has 2 amide bonds. The van der Waals surface area contributed by atoms with E-state index in [4.69, 9.17) is 4.74 Å². The lowest BCUT2D eigenvalue weighted by molar-refractivity contribution is 0.0527. The van der Waals surface area contributed by atoms with Crippen molar-refractivity contribution in [2.45, 2.75) is 13.3 Å². The zero-order chi connectivity index (χ0) is 18.9. The SMILES string of the molecule is CCOC(=O)c1ccccc1N1CCN(C(=O)NCCCN(C)C)CC1. The predicted octanol–water partition coefficient (Wildman–Crippen LogP) is 1.65. The van der Waals surface area contributed by atoms with Gasteiger partial charge in [0.15, 0.2) is 0 Å². The molecule has 1 aromatic carbocycles. The van der Waals surface area contributed by atoms with Gasteiger partial charge in [-0.1, -0.05) is 12.1 Å². The number of ether oxygens (including phenoxy) is 1. The van der Waals surface area contributed by atoms with E-state index in [1.165, 1.54) is 0 Å². The summed E-state index contributed by atoms with van der Waals surface area (Å²) in [6.07, 6.45) is 0.936. The number of anilines is 1. The molecule has 2 rings (SSSR count). The van der Waals surface area contributed by atoms with E-state index in [0.717, 1.165) is 18.7 Å². The van der Waals surface area contributed by atoms with Crippen LogP contribution in [0.1, 0.15) is 23.7 Å². The molecule has 1 aliphatic rings. The number of esters is 1. The lowest BCUT2D eigenvalue weighted by Crippen LogP contribution is -2.52. The van der Waals surface area contributed by atoms with Gasteiger partial charge in [0.1, 0.15) is 0 Å². The number of hydrogen-bond donors (Lipinski definition) is 1. The molecule has 0 unspecified atom stereocenters. The van der Waals surface area contributed by atoms with Gasteiger partial charge >= 0.3 is 12.0 Å². The predicted molar refractivity (Wildman–Crippen MR) is 103 cm³/mol. The third kappa shape index (κ3) is 5.62. The molecule has 0 bridgehead atoms. The van der Waals surface area contributed by atoms with Crippen molar-refractivity contribution in [2.75, 3.05) is 64.9 Å². The maximum atomic E-state index is 12.3. The van der Waals surface area contributed by atoms with Crippen LogP contribution >= 0.6 is 0 Å². The molecule has 0 aliphatic carbocycles. The van der Waals surface area contributed by atoms with Crippen LogP contribution in [-0.2, 0) is 4.74 Å². The zero-order valence-corrected chi connectivity index (χ0v) is 16.0. The molecule has 7 nitrogen and oxygen atoms in total. The highest BCUT2D eigenvalue weighted by Crippen LogP contribution is 2.22. The number of hydrogen-bond acceptors (Lipinski definition) is 5. The smallest absolute Gasteiger partial charge is 0.340 e. The minimum absolute atomic E-state index is 0.0120. The second-order valence-electron chi connectivity index (χ2n) is 6.60. The Labute approximate surface area is 155 Å². The maximum Gasteiger partial charge on any atom is 0.340 e. The Morgan fingerprint density at radius 3 is 2.50 bits per heavy atom. The number of carbonyl (C=O) groups excluding carboxylic acids is 2. The normalized spacial score (nSPS) is 14.5. The van der Waals surface area contributed by atoms with Crippen LogP contribution in [-0.4, -0.2) is 81.8 Å². The first-order valence-electron chi connectivity index (χ1n) is 9.21.